The number of hydrogen-bond acceptors (Lipinski definition) is 6. The highest BCUT2D eigenvalue weighted by molar-refractivity contribution is 9.10. The predicted octanol–water partition coefficient (Wildman–Crippen LogP) is 1.80. The zero-order valence-electron chi connectivity index (χ0n) is 14.2. The number of benzene rings is 1. The maximum Gasteiger partial charge on any atom is 0.254 e. The fraction of sp³-hybridized carbons (Fsp3) is 0.412. The molecule has 1 heterocycles. The molecule has 0 spiro atoms. The van der Waals surface area contributed by atoms with Gasteiger partial charge in [-0.15, -0.1) is 0 Å². The molecule has 136 valence electrons. The zero-order valence-corrected chi connectivity index (χ0v) is 15.8. The van der Waals surface area contributed by atoms with Crippen LogP contribution in [0.1, 0.15) is 5.56 Å². The monoisotopic (exact) mass is 411 g/mol. The van der Waals surface area contributed by atoms with E-state index in [2.05, 4.69) is 33.0 Å². The highest BCUT2D eigenvalue weighted by Crippen LogP contribution is 2.32. The third kappa shape index (κ3) is 6.15. The minimum Gasteiger partial charge on any atom is -0.493 e. The molecule has 1 amide bonds. The Morgan fingerprint density at radius 3 is 2.88 bits per heavy atom. The number of nitrogens with zero attached hydrogens (tertiary/aromatic N) is 2. The van der Waals surface area contributed by atoms with Gasteiger partial charge in [-0.25, -0.2) is 5.43 Å². The first-order valence-corrected chi connectivity index (χ1v) is 8.66. The van der Waals surface area contributed by atoms with Crippen molar-refractivity contribution < 1.29 is 19.0 Å². The first-order chi connectivity index (χ1) is 12.1. The van der Waals surface area contributed by atoms with Gasteiger partial charge < -0.3 is 14.2 Å². The number of hydrazone groups is 1. The second-order valence-corrected chi connectivity index (χ2v) is 6.16. The topological polar surface area (TPSA) is 72.4 Å². The molecule has 1 fully saturated rings. The van der Waals surface area contributed by atoms with Gasteiger partial charge in [0.05, 0.1) is 33.1 Å². The van der Waals surface area contributed by atoms with Crippen molar-refractivity contribution in [2.75, 3.05) is 46.6 Å². The second-order valence-electron chi connectivity index (χ2n) is 5.31. The molecule has 1 aromatic carbocycles. The lowest BCUT2D eigenvalue weighted by Gasteiger charge is -2.25. The smallest absolute Gasteiger partial charge is 0.254 e. The first kappa shape index (κ1) is 19.4. The fourth-order valence-corrected chi connectivity index (χ4v) is 2.67. The standard InChI is InChI=1S/C17H22BrN3O4/c1-3-6-25-16-10-14(18)13(9-15(16)23-2)11-19-20-17(22)12-21-4-7-24-8-5-21/h3,9-11H,1,4-8,12H2,2H3,(H,20,22)/b19-11+. The number of ether oxygens (including phenoxy) is 3. The maximum atomic E-state index is 11.9. The predicted molar refractivity (Wildman–Crippen MR) is 99.4 cm³/mol. The van der Waals surface area contributed by atoms with Crippen LogP contribution in [0.15, 0.2) is 34.4 Å². The highest BCUT2D eigenvalue weighted by Gasteiger charge is 2.13. The summed E-state index contributed by atoms with van der Waals surface area (Å²) in [6.07, 6.45) is 3.22. The van der Waals surface area contributed by atoms with Crippen molar-refractivity contribution in [3.05, 3.63) is 34.8 Å². The molecule has 0 radical (unpaired) electrons. The van der Waals surface area contributed by atoms with Crippen LogP contribution in [0.2, 0.25) is 0 Å². The summed E-state index contributed by atoms with van der Waals surface area (Å²) in [4.78, 5) is 13.9. The van der Waals surface area contributed by atoms with Crippen molar-refractivity contribution in [1.29, 1.82) is 0 Å². The molecule has 8 heteroatoms. The summed E-state index contributed by atoms with van der Waals surface area (Å²) >= 11 is 3.46. The van der Waals surface area contributed by atoms with Crippen molar-refractivity contribution in [2.24, 2.45) is 5.10 Å². The number of carbonyl (C=O) groups is 1. The summed E-state index contributed by atoms with van der Waals surface area (Å²) < 4.78 is 16.9. The molecule has 0 unspecified atom stereocenters. The van der Waals surface area contributed by atoms with Gasteiger partial charge in [-0.05, 0) is 28.1 Å². The molecule has 1 aliphatic heterocycles. The minimum atomic E-state index is -0.160. The van der Waals surface area contributed by atoms with E-state index >= 15 is 0 Å². The minimum absolute atomic E-state index is 0.160. The van der Waals surface area contributed by atoms with Crippen LogP contribution in [0, 0.1) is 0 Å². The van der Waals surface area contributed by atoms with Crippen LogP contribution >= 0.6 is 15.9 Å². The van der Waals surface area contributed by atoms with Crippen LogP contribution in [0.3, 0.4) is 0 Å². The van der Waals surface area contributed by atoms with Gasteiger partial charge in [-0.3, -0.25) is 9.69 Å². The van der Waals surface area contributed by atoms with E-state index in [1.165, 1.54) is 0 Å². The molecule has 7 nitrogen and oxygen atoms in total. The Hall–Kier alpha value is -1.90. The van der Waals surface area contributed by atoms with Crippen LogP contribution < -0.4 is 14.9 Å². The van der Waals surface area contributed by atoms with Crippen LogP contribution in [0.25, 0.3) is 0 Å². The Morgan fingerprint density at radius 2 is 2.20 bits per heavy atom. The number of methoxy groups -OCH3 is 1. The Balaban J connectivity index is 1.95. The van der Waals surface area contributed by atoms with Crippen molar-refractivity contribution in [1.82, 2.24) is 10.3 Å². The van der Waals surface area contributed by atoms with Crippen LogP contribution in [0.4, 0.5) is 0 Å². The molecule has 1 saturated heterocycles. The number of nitrogens with one attached hydrogen (secondary N) is 1. The summed E-state index contributed by atoms with van der Waals surface area (Å²) in [5.74, 6) is 1.01. The van der Waals surface area contributed by atoms with Crippen LogP contribution in [0.5, 0.6) is 11.5 Å². The number of hydrogen-bond donors (Lipinski definition) is 1. The van der Waals surface area contributed by atoms with E-state index in [0.29, 0.717) is 37.9 Å². The number of carbonyl (C=O) groups excluding carboxylic acids is 1. The lowest BCUT2D eigenvalue weighted by molar-refractivity contribution is -0.123. The van der Waals surface area contributed by atoms with E-state index in [1.807, 2.05) is 4.90 Å². The average molecular weight is 412 g/mol. The molecule has 0 bridgehead atoms. The molecular weight excluding hydrogens is 390 g/mol. The molecule has 0 aliphatic carbocycles. The van der Waals surface area contributed by atoms with Crippen molar-refractivity contribution >= 4 is 28.1 Å². The van der Waals surface area contributed by atoms with Gasteiger partial charge in [0, 0.05) is 23.1 Å². The quantitative estimate of drug-likeness (QED) is 0.401. The largest absolute Gasteiger partial charge is 0.493 e. The molecule has 2 rings (SSSR count). The van der Waals surface area contributed by atoms with Gasteiger partial charge >= 0.3 is 0 Å². The van der Waals surface area contributed by atoms with Gasteiger partial charge in [-0.1, -0.05) is 12.7 Å². The molecular formula is C17H22BrN3O4. The lowest BCUT2D eigenvalue weighted by Crippen LogP contribution is -2.42. The van der Waals surface area contributed by atoms with Gasteiger partial charge in [-0.2, -0.15) is 5.10 Å². The third-order valence-electron chi connectivity index (χ3n) is 3.50. The normalized spacial score (nSPS) is 15.1. The molecule has 0 aromatic heterocycles. The summed E-state index contributed by atoms with van der Waals surface area (Å²) in [6, 6.07) is 3.57. The molecule has 1 aromatic rings. The van der Waals surface area contributed by atoms with Gasteiger partial charge in [0.1, 0.15) is 6.61 Å². The van der Waals surface area contributed by atoms with Gasteiger partial charge in [0.15, 0.2) is 11.5 Å². The van der Waals surface area contributed by atoms with E-state index in [4.69, 9.17) is 14.2 Å². The Morgan fingerprint density at radius 1 is 1.44 bits per heavy atom. The van der Waals surface area contributed by atoms with Crippen LogP contribution in [-0.2, 0) is 9.53 Å². The Labute approximate surface area is 155 Å². The summed E-state index contributed by atoms with van der Waals surface area (Å²) in [5, 5.41) is 4.01. The van der Waals surface area contributed by atoms with E-state index in [9.17, 15) is 4.79 Å². The van der Waals surface area contributed by atoms with Crippen molar-refractivity contribution in [2.45, 2.75) is 0 Å². The van der Waals surface area contributed by atoms with E-state index in [0.717, 1.165) is 23.1 Å². The number of morpholine rings is 1. The number of halogens is 1. The van der Waals surface area contributed by atoms with E-state index < -0.39 is 0 Å². The van der Waals surface area contributed by atoms with Crippen molar-refractivity contribution in [3.8, 4) is 11.5 Å². The average Bonchev–Trinajstić information content (AvgIpc) is 2.62. The first-order valence-electron chi connectivity index (χ1n) is 7.87. The van der Waals surface area contributed by atoms with E-state index in [-0.39, 0.29) is 5.91 Å². The summed E-state index contributed by atoms with van der Waals surface area (Å²) in [5.41, 5.74) is 3.29. The SMILES string of the molecule is C=CCOc1cc(Br)c(/C=N/NC(=O)CN2CCOCC2)cc1OC. The third-order valence-corrected chi connectivity index (χ3v) is 4.19. The van der Waals surface area contributed by atoms with Gasteiger partial charge in [0.2, 0.25) is 0 Å². The molecule has 0 saturated carbocycles. The van der Waals surface area contributed by atoms with E-state index in [1.54, 1.807) is 31.5 Å². The maximum absolute atomic E-state index is 11.9. The highest BCUT2D eigenvalue weighted by atomic mass is 79.9. The molecule has 1 aliphatic rings. The molecule has 0 atom stereocenters. The molecule has 1 N–H and O–H groups in total. The zero-order chi connectivity index (χ0) is 18.1. The Kier molecular flexibility index (Phi) is 7.90. The second kappa shape index (κ2) is 10.2. The summed E-state index contributed by atoms with van der Waals surface area (Å²) in [7, 11) is 1.56. The number of rotatable bonds is 8. The lowest BCUT2D eigenvalue weighted by atomic mass is 10.2. The molecule has 25 heavy (non-hydrogen) atoms. The van der Waals surface area contributed by atoms with Crippen molar-refractivity contribution in [3.63, 3.8) is 0 Å². The Bertz CT molecular complexity index is 631. The van der Waals surface area contributed by atoms with Gasteiger partial charge in [0.25, 0.3) is 5.91 Å². The number of amides is 1. The fourth-order valence-electron chi connectivity index (χ4n) is 2.24. The van der Waals surface area contributed by atoms with Crippen LogP contribution in [-0.4, -0.2) is 63.6 Å². The summed E-state index contributed by atoms with van der Waals surface area (Å²) in [6.45, 7) is 7.13.